The number of thiophene rings is 2. The number of pyridine rings is 1. The van der Waals surface area contributed by atoms with E-state index in [1.165, 1.54) is 62.0 Å². The standard InChI is InChI=1S/C31H16N2S2/c1-5-11-23-19(7-1)27-25(34-23)15-13-17-18-14-16-26-28(20-8-2-6-12-24(20)35-26)30(18)33-22-10-4-3-9-21(22)32-31(33)29(17)27/h1-16H. The first-order valence-electron chi connectivity index (χ1n) is 11.7. The Morgan fingerprint density at radius 1 is 0.486 bits per heavy atom. The maximum atomic E-state index is 5.27. The Hall–Kier alpha value is -3.99. The minimum atomic E-state index is 1.04. The normalized spacial score (nSPS) is 12.6. The molecule has 0 aliphatic heterocycles. The number of rotatable bonds is 0. The molecule has 0 amide bonds. The van der Waals surface area contributed by atoms with Crippen molar-refractivity contribution >= 4 is 101 Å². The molecule has 0 atom stereocenters. The van der Waals surface area contributed by atoms with Crippen molar-refractivity contribution < 1.29 is 0 Å². The monoisotopic (exact) mass is 480 g/mol. The molecule has 0 spiro atoms. The molecule has 35 heavy (non-hydrogen) atoms. The molecule has 0 radical (unpaired) electrons. The summed E-state index contributed by atoms with van der Waals surface area (Å²) in [6, 6.07) is 35.4. The van der Waals surface area contributed by atoms with Crippen LogP contribution in [0.2, 0.25) is 0 Å². The Morgan fingerprint density at radius 3 is 1.91 bits per heavy atom. The summed E-state index contributed by atoms with van der Waals surface area (Å²) >= 11 is 3.74. The number of nitrogens with zero attached hydrogens (tertiary/aromatic N) is 2. The van der Waals surface area contributed by atoms with Gasteiger partial charge in [-0.05, 0) is 41.8 Å². The molecule has 0 saturated carbocycles. The average molecular weight is 481 g/mol. The summed E-state index contributed by atoms with van der Waals surface area (Å²) < 4.78 is 7.71. The maximum absolute atomic E-state index is 5.27. The first kappa shape index (κ1) is 18.4. The van der Waals surface area contributed by atoms with Gasteiger partial charge in [-0.3, -0.25) is 4.40 Å². The second kappa shape index (κ2) is 6.36. The lowest BCUT2D eigenvalue weighted by Gasteiger charge is -2.12. The predicted octanol–water partition coefficient (Wildman–Crippen LogP) is 9.53. The summed E-state index contributed by atoms with van der Waals surface area (Å²) in [6.45, 7) is 0. The van der Waals surface area contributed by atoms with Gasteiger partial charge in [0.15, 0.2) is 0 Å². The van der Waals surface area contributed by atoms with E-state index in [-0.39, 0.29) is 0 Å². The molecule has 0 aliphatic rings. The summed E-state index contributed by atoms with van der Waals surface area (Å²) in [7, 11) is 0. The van der Waals surface area contributed by atoms with Crippen molar-refractivity contribution in [3.8, 4) is 0 Å². The number of hydrogen-bond donors (Lipinski definition) is 0. The van der Waals surface area contributed by atoms with Crippen molar-refractivity contribution in [3.05, 3.63) is 97.1 Å². The van der Waals surface area contributed by atoms with Crippen molar-refractivity contribution in [1.29, 1.82) is 0 Å². The van der Waals surface area contributed by atoms with Crippen LogP contribution < -0.4 is 0 Å². The van der Waals surface area contributed by atoms with Gasteiger partial charge in [-0.25, -0.2) is 4.98 Å². The van der Waals surface area contributed by atoms with E-state index < -0.39 is 0 Å². The fourth-order valence-electron chi connectivity index (χ4n) is 5.94. The third kappa shape index (κ3) is 2.22. The van der Waals surface area contributed by atoms with Gasteiger partial charge < -0.3 is 0 Å². The van der Waals surface area contributed by atoms with Crippen LogP contribution in [0.25, 0.3) is 78.7 Å². The molecular weight excluding hydrogens is 464 g/mol. The third-order valence-electron chi connectivity index (χ3n) is 7.36. The molecule has 0 N–H and O–H groups in total. The van der Waals surface area contributed by atoms with Crippen molar-refractivity contribution in [2.45, 2.75) is 0 Å². The molecule has 4 aromatic heterocycles. The highest BCUT2D eigenvalue weighted by molar-refractivity contribution is 7.26. The van der Waals surface area contributed by atoms with Gasteiger partial charge in [0.25, 0.3) is 0 Å². The smallest absolute Gasteiger partial charge is 0.147 e. The molecule has 9 rings (SSSR count). The first-order chi connectivity index (χ1) is 17.4. The second-order valence-corrected chi connectivity index (χ2v) is 11.3. The molecule has 0 fully saturated rings. The Labute approximate surface area is 207 Å². The molecule has 162 valence electrons. The lowest BCUT2D eigenvalue weighted by Crippen LogP contribution is -1.93. The van der Waals surface area contributed by atoms with E-state index in [2.05, 4.69) is 101 Å². The van der Waals surface area contributed by atoms with Gasteiger partial charge in [-0.2, -0.15) is 0 Å². The van der Waals surface area contributed by atoms with Gasteiger partial charge in [0.2, 0.25) is 0 Å². The van der Waals surface area contributed by atoms with Crippen molar-refractivity contribution in [2.24, 2.45) is 0 Å². The van der Waals surface area contributed by atoms with Crippen LogP contribution in [0.4, 0.5) is 0 Å². The van der Waals surface area contributed by atoms with Crippen LogP contribution in [0.1, 0.15) is 0 Å². The van der Waals surface area contributed by atoms with Crippen LogP contribution in [-0.2, 0) is 0 Å². The highest BCUT2D eigenvalue weighted by Gasteiger charge is 2.20. The van der Waals surface area contributed by atoms with Crippen LogP contribution in [0.5, 0.6) is 0 Å². The largest absolute Gasteiger partial charge is 0.291 e. The van der Waals surface area contributed by atoms with Gasteiger partial charge in [0.1, 0.15) is 5.65 Å². The fourth-order valence-corrected chi connectivity index (χ4v) is 8.16. The van der Waals surface area contributed by atoms with E-state index >= 15 is 0 Å². The minimum absolute atomic E-state index is 1.04. The van der Waals surface area contributed by atoms with Crippen LogP contribution in [0.15, 0.2) is 97.1 Å². The quantitative estimate of drug-likeness (QED) is 0.198. The molecule has 5 aromatic carbocycles. The van der Waals surface area contributed by atoms with Crippen LogP contribution >= 0.6 is 22.7 Å². The van der Waals surface area contributed by atoms with Crippen LogP contribution in [0, 0.1) is 0 Å². The molecular formula is C31H16N2S2. The fraction of sp³-hybridized carbons (Fsp3) is 0. The molecule has 0 bridgehead atoms. The average Bonchev–Trinajstić information content (AvgIpc) is 3.59. The van der Waals surface area contributed by atoms with E-state index in [1.807, 2.05) is 22.7 Å². The van der Waals surface area contributed by atoms with E-state index in [9.17, 15) is 0 Å². The van der Waals surface area contributed by atoms with Crippen molar-refractivity contribution in [3.63, 3.8) is 0 Å². The maximum Gasteiger partial charge on any atom is 0.147 e. The number of imidazole rings is 1. The summed E-state index contributed by atoms with van der Waals surface area (Å²) in [6.07, 6.45) is 0. The molecule has 4 heterocycles. The molecule has 2 nitrogen and oxygen atoms in total. The van der Waals surface area contributed by atoms with Gasteiger partial charge in [-0.15, -0.1) is 22.7 Å². The molecule has 0 saturated heterocycles. The van der Waals surface area contributed by atoms with Gasteiger partial charge in [0, 0.05) is 51.1 Å². The summed E-state index contributed by atoms with van der Waals surface area (Å²) in [5.74, 6) is 0. The van der Waals surface area contributed by atoms with Crippen LogP contribution in [0.3, 0.4) is 0 Å². The van der Waals surface area contributed by atoms with Gasteiger partial charge >= 0.3 is 0 Å². The number of hydrogen-bond acceptors (Lipinski definition) is 3. The first-order valence-corrected chi connectivity index (χ1v) is 13.4. The molecule has 9 aromatic rings. The highest BCUT2D eigenvalue weighted by Crippen LogP contribution is 2.46. The van der Waals surface area contributed by atoms with Gasteiger partial charge in [-0.1, -0.05) is 60.7 Å². The topological polar surface area (TPSA) is 17.3 Å². The van der Waals surface area contributed by atoms with E-state index in [0.29, 0.717) is 0 Å². The second-order valence-electron chi connectivity index (χ2n) is 9.15. The summed E-state index contributed by atoms with van der Waals surface area (Å²) in [5.41, 5.74) is 4.50. The van der Waals surface area contributed by atoms with E-state index in [4.69, 9.17) is 4.98 Å². The van der Waals surface area contributed by atoms with E-state index in [0.717, 1.165) is 16.7 Å². The molecule has 0 aliphatic carbocycles. The SMILES string of the molecule is c1ccc2c(c1)nc1c3c(ccc4sc5ccccc5c43)c3ccc4sc5ccccc5c4c3n21. The zero-order chi connectivity index (χ0) is 22.7. The Bertz CT molecular complexity index is 2330. The molecule has 4 heteroatoms. The minimum Gasteiger partial charge on any atom is -0.291 e. The Balaban J connectivity index is 1.70. The number of aromatic nitrogens is 2. The molecule has 0 unspecified atom stereocenters. The van der Waals surface area contributed by atoms with Crippen molar-refractivity contribution in [2.75, 3.05) is 0 Å². The third-order valence-corrected chi connectivity index (χ3v) is 9.63. The Morgan fingerprint density at radius 2 is 1.11 bits per heavy atom. The highest BCUT2D eigenvalue weighted by atomic mass is 32.1. The zero-order valence-electron chi connectivity index (χ0n) is 18.4. The Kier molecular flexibility index (Phi) is 3.34. The zero-order valence-corrected chi connectivity index (χ0v) is 20.1. The number of benzene rings is 5. The van der Waals surface area contributed by atoms with Crippen molar-refractivity contribution in [1.82, 2.24) is 9.38 Å². The van der Waals surface area contributed by atoms with Crippen LogP contribution in [-0.4, -0.2) is 9.38 Å². The van der Waals surface area contributed by atoms with Gasteiger partial charge in [0.05, 0.1) is 16.6 Å². The lowest BCUT2D eigenvalue weighted by molar-refractivity contribution is 1.33. The lowest BCUT2D eigenvalue weighted by atomic mass is 9.99. The predicted molar refractivity (Wildman–Crippen MR) is 153 cm³/mol. The summed E-state index contributed by atoms with van der Waals surface area (Å²) in [4.78, 5) is 5.27. The summed E-state index contributed by atoms with van der Waals surface area (Å²) in [5, 5.41) is 9.09. The number of fused-ring (bicyclic) bond motifs is 16. The van der Waals surface area contributed by atoms with E-state index in [1.54, 1.807) is 0 Å². The number of para-hydroxylation sites is 2.